The van der Waals surface area contributed by atoms with Gasteiger partial charge in [-0.2, -0.15) is 5.10 Å². The number of amides is 2. The van der Waals surface area contributed by atoms with Crippen molar-refractivity contribution in [2.24, 2.45) is 0 Å². The Kier molecular flexibility index (Phi) is 5.30. The second-order valence-electron chi connectivity index (χ2n) is 8.37. The quantitative estimate of drug-likeness (QED) is 0.640. The molecular formula is C22H25N5O5. The van der Waals surface area contributed by atoms with Gasteiger partial charge in [-0.3, -0.25) is 18.8 Å². The van der Waals surface area contributed by atoms with E-state index in [9.17, 15) is 19.5 Å². The molecule has 2 amide bonds. The molecule has 0 bridgehead atoms. The van der Waals surface area contributed by atoms with Crippen molar-refractivity contribution in [1.29, 1.82) is 0 Å². The van der Waals surface area contributed by atoms with Crippen LogP contribution in [0.1, 0.15) is 54.4 Å². The monoisotopic (exact) mass is 439 g/mol. The minimum Gasteiger partial charge on any atom is -0.408 e. The number of nitrogens with one attached hydrogen (secondary N) is 1. The van der Waals surface area contributed by atoms with Crippen molar-refractivity contribution in [2.45, 2.75) is 51.3 Å². The van der Waals surface area contributed by atoms with E-state index >= 15 is 0 Å². The van der Waals surface area contributed by atoms with Gasteiger partial charge in [-0.25, -0.2) is 4.79 Å². The van der Waals surface area contributed by atoms with Crippen LogP contribution >= 0.6 is 0 Å². The number of hydrogen-bond donors (Lipinski definition) is 2. The average molecular weight is 439 g/mol. The fourth-order valence-electron chi connectivity index (χ4n) is 4.44. The zero-order valence-electron chi connectivity index (χ0n) is 17.6. The number of rotatable bonds is 4. The first kappa shape index (κ1) is 20.5. The number of benzene rings is 1. The summed E-state index contributed by atoms with van der Waals surface area (Å²) in [6.07, 6.45) is 3.89. The third-order valence-electron chi connectivity index (χ3n) is 6.16. The van der Waals surface area contributed by atoms with Crippen LogP contribution < -0.4 is 11.1 Å². The van der Waals surface area contributed by atoms with Crippen molar-refractivity contribution < 1.29 is 19.1 Å². The van der Waals surface area contributed by atoms with E-state index in [0.29, 0.717) is 48.5 Å². The number of oxazole rings is 1. The van der Waals surface area contributed by atoms with E-state index in [-0.39, 0.29) is 18.1 Å². The number of aliphatic hydroxyl groups is 1. The Hall–Kier alpha value is -3.40. The minimum atomic E-state index is -0.619. The van der Waals surface area contributed by atoms with Gasteiger partial charge < -0.3 is 19.7 Å². The molecule has 168 valence electrons. The van der Waals surface area contributed by atoms with Crippen LogP contribution in [0.2, 0.25) is 0 Å². The molecule has 3 aromatic rings. The van der Waals surface area contributed by atoms with Crippen molar-refractivity contribution in [3.05, 3.63) is 46.2 Å². The number of carbonyl (C=O) groups excluding carboxylic acids is 2. The maximum Gasteiger partial charge on any atom is 0.420 e. The van der Waals surface area contributed by atoms with E-state index in [2.05, 4.69) is 10.4 Å². The number of fused-ring (bicyclic) bond motifs is 2. The molecule has 2 aromatic heterocycles. The Morgan fingerprint density at radius 3 is 2.72 bits per heavy atom. The van der Waals surface area contributed by atoms with Crippen molar-refractivity contribution in [2.75, 3.05) is 18.4 Å². The number of hydrogen-bond acceptors (Lipinski definition) is 6. The summed E-state index contributed by atoms with van der Waals surface area (Å²) in [5.41, 5.74) is 2.09. The third kappa shape index (κ3) is 3.81. The van der Waals surface area contributed by atoms with Gasteiger partial charge in [-0.05, 0) is 56.4 Å². The molecule has 32 heavy (non-hydrogen) atoms. The smallest absolute Gasteiger partial charge is 0.408 e. The van der Waals surface area contributed by atoms with Gasteiger partial charge in [0.2, 0.25) is 5.91 Å². The van der Waals surface area contributed by atoms with E-state index in [1.54, 1.807) is 33.8 Å². The van der Waals surface area contributed by atoms with Crippen molar-refractivity contribution in [1.82, 2.24) is 19.2 Å². The summed E-state index contributed by atoms with van der Waals surface area (Å²) in [5.74, 6) is -1.14. The van der Waals surface area contributed by atoms with Crippen molar-refractivity contribution in [3.63, 3.8) is 0 Å². The lowest BCUT2D eigenvalue weighted by molar-refractivity contribution is -0.132. The first-order valence-electron chi connectivity index (χ1n) is 11.0. The van der Waals surface area contributed by atoms with Crippen LogP contribution in [0.3, 0.4) is 0 Å². The molecule has 2 aliphatic heterocycles. The van der Waals surface area contributed by atoms with Crippen LogP contribution in [0, 0.1) is 0 Å². The van der Waals surface area contributed by atoms with E-state index in [1.807, 2.05) is 0 Å². The first-order chi connectivity index (χ1) is 15.5. The van der Waals surface area contributed by atoms with Gasteiger partial charge in [0.25, 0.3) is 5.91 Å². The highest BCUT2D eigenvalue weighted by molar-refractivity contribution is 6.03. The highest BCUT2D eigenvalue weighted by Gasteiger charge is 2.23. The number of anilines is 1. The lowest BCUT2D eigenvalue weighted by Gasteiger charge is -2.26. The Bertz CT molecular complexity index is 1230. The maximum absolute atomic E-state index is 12.7. The third-order valence-corrected chi connectivity index (χ3v) is 6.16. The molecule has 1 aromatic carbocycles. The summed E-state index contributed by atoms with van der Waals surface area (Å²) in [6, 6.07) is 6.44. The number of carbonyl (C=O) groups is 2. The molecule has 1 fully saturated rings. The summed E-state index contributed by atoms with van der Waals surface area (Å²) < 4.78 is 8.24. The summed E-state index contributed by atoms with van der Waals surface area (Å²) >= 11 is 0. The molecule has 0 radical (unpaired) electrons. The summed E-state index contributed by atoms with van der Waals surface area (Å²) in [5, 5.41) is 17.2. The van der Waals surface area contributed by atoms with Gasteiger partial charge in [0, 0.05) is 25.3 Å². The van der Waals surface area contributed by atoms with E-state index < -0.39 is 17.8 Å². The zero-order chi connectivity index (χ0) is 22.2. The van der Waals surface area contributed by atoms with Gasteiger partial charge in [0.1, 0.15) is 6.54 Å². The largest absolute Gasteiger partial charge is 0.420 e. The molecule has 5 rings (SSSR count). The summed E-state index contributed by atoms with van der Waals surface area (Å²) in [4.78, 5) is 39.5. The summed E-state index contributed by atoms with van der Waals surface area (Å²) in [7, 11) is 0. The van der Waals surface area contributed by atoms with E-state index in [0.717, 1.165) is 25.7 Å². The predicted octanol–water partition coefficient (Wildman–Crippen LogP) is 1.88. The molecule has 10 nitrogen and oxygen atoms in total. The number of piperidine rings is 1. The van der Waals surface area contributed by atoms with Crippen LogP contribution in [0.5, 0.6) is 0 Å². The van der Waals surface area contributed by atoms with Crippen LogP contribution in [0.25, 0.3) is 11.1 Å². The Morgan fingerprint density at radius 1 is 1.12 bits per heavy atom. The zero-order valence-corrected chi connectivity index (χ0v) is 17.6. The molecule has 0 aliphatic carbocycles. The van der Waals surface area contributed by atoms with Crippen LogP contribution in [-0.4, -0.2) is 49.3 Å². The highest BCUT2D eigenvalue weighted by atomic mass is 16.4. The molecule has 10 heteroatoms. The number of aromatic nitrogens is 3. The van der Waals surface area contributed by atoms with Crippen LogP contribution in [-0.2, 0) is 17.9 Å². The van der Waals surface area contributed by atoms with Gasteiger partial charge in [-0.15, -0.1) is 0 Å². The second-order valence-corrected chi connectivity index (χ2v) is 8.37. The average Bonchev–Trinajstić information content (AvgIpc) is 3.37. The molecule has 4 heterocycles. The standard InChI is InChI=1S/C22H25N5O5/c28-18-5-4-10-27-16(18)12-15(24-27)21(30)23-14-6-7-19-17(11-14)26(22(31)32-19)13-20(29)25-8-2-1-3-9-25/h6-7,11-12,18,28H,1-5,8-10,13H2,(H,23,30). The maximum atomic E-state index is 12.7. The second kappa shape index (κ2) is 8.27. The molecule has 1 unspecified atom stereocenters. The number of aryl methyl sites for hydroxylation is 1. The summed E-state index contributed by atoms with van der Waals surface area (Å²) in [6.45, 7) is 1.97. The van der Waals surface area contributed by atoms with Crippen molar-refractivity contribution >= 4 is 28.6 Å². The Morgan fingerprint density at radius 2 is 1.94 bits per heavy atom. The molecule has 2 N–H and O–H groups in total. The van der Waals surface area contributed by atoms with Crippen LogP contribution in [0.15, 0.2) is 33.5 Å². The lowest BCUT2D eigenvalue weighted by Crippen LogP contribution is -2.39. The Labute approximate surface area is 183 Å². The number of aliphatic hydroxyl groups excluding tert-OH is 1. The van der Waals surface area contributed by atoms with E-state index in [4.69, 9.17) is 4.42 Å². The molecule has 0 spiro atoms. The minimum absolute atomic E-state index is 0.102. The van der Waals surface area contributed by atoms with Gasteiger partial charge in [-0.1, -0.05) is 0 Å². The predicted molar refractivity (Wildman–Crippen MR) is 115 cm³/mol. The number of nitrogens with zero attached hydrogens (tertiary/aromatic N) is 4. The van der Waals surface area contributed by atoms with Crippen molar-refractivity contribution in [3.8, 4) is 0 Å². The molecule has 1 saturated heterocycles. The van der Waals surface area contributed by atoms with Crippen LogP contribution in [0.4, 0.5) is 5.69 Å². The first-order valence-corrected chi connectivity index (χ1v) is 11.0. The molecule has 0 saturated carbocycles. The van der Waals surface area contributed by atoms with Gasteiger partial charge in [0.05, 0.1) is 17.3 Å². The fraction of sp³-hybridized carbons (Fsp3) is 0.455. The number of likely N-dealkylation sites (tertiary alicyclic amines) is 1. The SMILES string of the molecule is O=C(Nc1ccc2oc(=O)n(CC(=O)N3CCCCC3)c2c1)c1cc2n(n1)CCCC2O. The Balaban J connectivity index is 1.37. The van der Waals surface area contributed by atoms with E-state index in [1.165, 1.54) is 4.57 Å². The molecule has 1 atom stereocenters. The molecule has 2 aliphatic rings. The topological polar surface area (TPSA) is 123 Å². The lowest BCUT2D eigenvalue weighted by atomic mass is 10.1. The van der Waals surface area contributed by atoms with Gasteiger partial charge in [0.15, 0.2) is 11.3 Å². The fourth-order valence-corrected chi connectivity index (χ4v) is 4.44. The highest BCUT2D eigenvalue weighted by Crippen LogP contribution is 2.25. The molecular weight excluding hydrogens is 414 g/mol. The van der Waals surface area contributed by atoms with Gasteiger partial charge >= 0.3 is 5.76 Å². The normalized spacial score (nSPS) is 18.5.